The summed E-state index contributed by atoms with van der Waals surface area (Å²) in [6.45, 7) is 2.82. The normalized spacial score (nSPS) is 15.5. The fraction of sp³-hybridized carbons (Fsp3) is 0.368. The number of amides is 1. The number of aromatic nitrogens is 1. The van der Waals surface area contributed by atoms with Crippen LogP contribution in [0, 0.1) is 6.92 Å². The first-order valence-electron chi connectivity index (χ1n) is 8.84. The van der Waals surface area contributed by atoms with Crippen molar-refractivity contribution >= 4 is 33.4 Å². The standard InChI is InChI=1S/C19H23N3O3S2/c1-14-6-7-15(19(23)21-16-8-9-18(26-2)20-13-16)12-17(14)27(24,25)22-10-4-3-5-11-22/h6-9,12-13H,3-5,10-11H2,1-2H3,(H,21,23). The Labute approximate surface area is 164 Å². The Bertz CT molecular complexity index is 922. The molecule has 0 spiro atoms. The average Bonchev–Trinajstić information content (AvgIpc) is 2.69. The van der Waals surface area contributed by atoms with E-state index in [0.717, 1.165) is 24.3 Å². The van der Waals surface area contributed by atoms with Crippen LogP contribution in [0.15, 0.2) is 46.5 Å². The summed E-state index contributed by atoms with van der Waals surface area (Å²) in [5, 5.41) is 3.63. The number of rotatable bonds is 5. The number of hydrogen-bond donors (Lipinski definition) is 1. The number of sulfonamides is 1. The van der Waals surface area contributed by atoms with Gasteiger partial charge in [0, 0.05) is 18.7 Å². The number of nitrogens with one attached hydrogen (secondary N) is 1. The van der Waals surface area contributed by atoms with Crippen LogP contribution in [-0.4, -0.2) is 43.0 Å². The second-order valence-electron chi connectivity index (χ2n) is 6.49. The van der Waals surface area contributed by atoms with Crippen LogP contribution in [0.3, 0.4) is 0 Å². The minimum atomic E-state index is -3.59. The lowest BCUT2D eigenvalue weighted by molar-refractivity contribution is 0.102. The SMILES string of the molecule is CSc1ccc(NC(=O)c2ccc(C)c(S(=O)(=O)N3CCCCC3)c2)cn1. The van der Waals surface area contributed by atoms with Gasteiger partial charge in [0.1, 0.15) is 0 Å². The summed E-state index contributed by atoms with van der Waals surface area (Å²) in [4.78, 5) is 17.0. The van der Waals surface area contributed by atoms with Gasteiger partial charge in [-0.25, -0.2) is 13.4 Å². The van der Waals surface area contributed by atoms with Crippen LogP contribution in [0.4, 0.5) is 5.69 Å². The lowest BCUT2D eigenvalue weighted by Gasteiger charge is -2.26. The molecule has 2 heterocycles. The van der Waals surface area contributed by atoms with Crippen LogP contribution in [0.1, 0.15) is 35.2 Å². The minimum Gasteiger partial charge on any atom is -0.321 e. The largest absolute Gasteiger partial charge is 0.321 e. The zero-order valence-electron chi connectivity index (χ0n) is 15.4. The molecule has 0 unspecified atom stereocenters. The monoisotopic (exact) mass is 405 g/mol. The van der Waals surface area contributed by atoms with E-state index in [1.165, 1.54) is 22.1 Å². The molecule has 1 aliphatic rings. The van der Waals surface area contributed by atoms with E-state index >= 15 is 0 Å². The van der Waals surface area contributed by atoms with Crippen molar-refractivity contribution in [1.82, 2.24) is 9.29 Å². The Balaban J connectivity index is 1.84. The predicted octanol–water partition coefficient (Wildman–Crippen LogP) is 3.54. The molecular weight excluding hydrogens is 382 g/mol. The highest BCUT2D eigenvalue weighted by Crippen LogP contribution is 2.25. The number of nitrogens with zero attached hydrogens (tertiary/aromatic N) is 2. The van der Waals surface area contributed by atoms with Crippen LogP contribution in [0.2, 0.25) is 0 Å². The van der Waals surface area contributed by atoms with E-state index in [1.807, 2.05) is 12.3 Å². The van der Waals surface area contributed by atoms with Crippen LogP contribution in [0.25, 0.3) is 0 Å². The zero-order chi connectivity index (χ0) is 19.4. The van der Waals surface area contributed by atoms with Crippen molar-refractivity contribution in [2.45, 2.75) is 36.1 Å². The maximum absolute atomic E-state index is 13.0. The summed E-state index contributed by atoms with van der Waals surface area (Å²) in [5.41, 5.74) is 1.52. The topological polar surface area (TPSA) is 79.4 Å². The first-order chi connectivity index (χ1) is 12.9. The van der Waals surface area contributed by atoms with Gasteiger partial charge < -0.3 is 5.32 Å². The Kier molecular flexibility index (Phi) is 6.18. The number of piperidine rings is 1. The highest BCUT2D eigenvalue weighted by molar-refractivity contribution is 7.98. The molecule has 1 aromatic heterocycles. The van der Waals surface area contributed by atoms with Crippen molar-refractivity contribution in [1.29, 1.82) is 0 Å². The van der Waals surface area contributed by atoms with Crippen LogP contribution in [0.5, 0.6) is 0 Å². The van der Waals surface area contributed by atoms with Gasteiger partial charge in [-0.2, -0.15) is 4.31 Å². The van der Waals surface area contributed by atoms with Crippen LogP contribution < -0.4 is 5.32 Å². The van der Waals surface area contributed by atoms with Crippen molar-refractivity contribution in [3.8, 4) is 0 Å². The van der Waals surface area contributed by atoms with Crippen LogP contribution >= 0.6 is 11.8 Å². The van der Waals surface area contributed by atoms with Crippen molar-refractivity contribution in [3.63, 3.8) is 0 Å². The quantitative estimate of drug-likeness (QED) is 0.770. The van der Waals surface area contributed by atoms with Gasteiger partial charge in [-0.15, -0.1) is 11.8 Å². The van der Waals surface area contributed by atoms with Crippen molar-refractivity contribution in [2.24, 2.45) is 0 Å². The lowest BCUT2D eigenvalue weighted by atomic mass is 10.1. The summed E-state index contributed by atoms with van der Waals surface area (Å²) in [6, 6.07) is 8.39. The van der Waals surface area contributed by atoms with Gasteiger partial charge >= 0.3 is 0 Å². The Morgan fingerprint density at radius 2 is 1.89 bits per heavy atom. The number of benzene rings is 1. The molecular formula is C19H23N3O3S2. The molecule has 0 aliphatic carbocycles. The summed E-state index contributed by atoms with van der Waals surface area (Å²) in [7, 11) is -3.59. The van der Waals surface area contributed by atoms with Gasteiger partial charge in [-0.3, -0.25) is 4.79 Å². The molecule has 1 saturated heterocycles. The van der Waals surface area contributed by atoms with E-state index in [4.69, 9.17) is 0 Å². The van der Waals surface area contributed by atoms with Crippen molar-refractivity contribution < 1.29 is 13.2 Å². The summed E-state index contributed by atoms with van der Waals surface area (Å²) in [6.07, 6.45) is 6.31. The van der Waals surface area contributed by atoms with E-state index in [2.05, 4.69) is 10.3 Å². The molecule has 0 bridgehead atoms. The molecule has 1 N–H and O–H groups in total. The third-order valence-electron chi connectivity index (χ3n) is 4.59. The summed E-state index contributed by atoms with van der Waals surface area (Å²) < 4.78 is 27.5. The van der Waals surface area contributed by atoms with Crippen molar-refractivity contribution in [3.05, 3.63) is 47.7 Å². The molecule has 0 saturated carbocycles. The van der Waals surface area contributed by atoms with Gasteiger partial charge in [0.2, 0.25) is 10.0 Å². The first kappa shape index (κ1) is 19.9. The molecule has 27 heavy (non-hydrogen) atoms. The molecule has 6 nitrogen and oxygen atoms in total. The van der Waals surface area contributed by atoms with Gasteiger partial charge in [-0.05, 0) is 55.9 Å². The molecule has 1 aromatic carbocycles. The van der Waals surface area contributed by atoms with Gasteiger partial charge in [0.25, 0.3) is 5.91 Å². The first-order valence-corrected chi connectivity index (χ1v) is 11.5. The van der Waals surface area contributed by atoms with E-state index in [0.29, 0.717) is 29.9 Å². The maximum atomic E-state index is 13.0. The number of thioether (sulfide) groups is 1. The zero-order valence-corrected chi connectivity index (χ0v) is 17.1. The summed E-state index contributed by atoms with van der Waals surface area (Å²) in [5.74, 6) is -0.358. The van der Waals surface area contributed by atoms with E-state index < -0.39 is 10.0 Å². The highest BCUT2D eigenvalue weighted by Gasteiger charge is 2.28. The second kappa shape index (κ2) is 8.41. The molecule has 2 aromatic rings. The molecule has 3 rings (SSSR count). The number of carbonyl (C=O) groups is 1. The average molecular weight is 406 g/mol. The Hall–Kier alpha value is -1.90. The number of hydrogen-bond acceptors (Lipinski definition) is 5. The van der Waals surface area contributed by atoms with E-state index in [-0.39, 0.29) is 10.8 Å². The second-order valence-corrected chi connectivity index (χ2v) is 9.22. The van der Waals surface area contributed by atoms with Gasteiger partial charge in [-0.1, -0.05) is 12.5 Å². The Morgan fingerprint density at radius 1 is 1.15 bits per heavy atom. The molecule has 0 radical (unpaired) electrons. The third-order valence-corrected chi connectivity index (χ3v) is 7.29. The van der Waals surface area contributed by atoms with Gasteiger partial charge in [0.05, 0.1) is 21.8 Å². The Morgan fingerprint density at radius 3 is 2.52 bits per heavy atom. The highest BCUT2D eigenvalue weighted by atomic mass is 32.2. The maximum Gasteiger partial charge on any atom is 0.255 e. The van der Waals surface area contributed by atoms with Crippen molar-refractivity contribution in [2.75, 3.05) is 24.7 Å². The van der Waals surface area contributed by atoms with E-state index in [9.17, 15) is 13.2 Å². The number of anilines is 1. The molecule has 1 fully saturated rings. The molecule has 0 atom stereocenters. The lowest BCUT2D eigenvalue weighted by Crippen LogP contribution is -2.36. The number of carbonyl (C=O) groups excluding carboxylic acids is 1. The van der Waals surface area contributed by atoms with Crippen LogP contribution in [-0.2, 0) is 10.0 Å². The third kappa shape index (κ3) is 4.51. The van der Waals surface area contributed by atoms with E-state index in [1.54, 1.807) is 31.3 Å². The molecule has 1 aliphatic heterocycles. The number of pyridine rings is 1. The molecule has 144 valence electrons. The van der Waals surface area contributed by atoms with Gasteiger partial charge in [0.15, 0.2) is 0 Å². The smallest absolute Gasteiger partial charge is 0.255 e. The molecule has 1 amide bonds. The predicted molar refractivity (Wildman–Crippen MR) is 108 cm³/mol. The number of aryl methyl sites for hydroxylation is 1. The summed E-state index contributed by atoms with van der Waals surface area (Å²) >= 11 is 1.52. The fourth-order valence-electron chi connectivity index (χ4n) is 3.04. The molecule has 8 heteroatoms. The minimum absolute atomic E-state index is 0.202. The fourth-order valence-corrected chi connectivity index (χ4v) is 5.17.